The molecule has 0 saturated carbocycles. The van der Waals surface area contributed by atoms with Gasteiger partial charge in [0.2, 0.25) is 6.79 Å². The Hall–Kier alpha value is -4.40. The predicted molar refractivity (Wildman–Crippen MR) is 114 cm³/mol. The highest BCUT2D eigenvalue weighted by Crippen LogP contribution is 2.32. The minimum Gasteiger partial charge on any atom is -0.466 e. The SMILES string of the molecule is COc1nc(-c2cccc(F)c2)n(-c2ccc(NC(=O)c3ccc4c(c3)OCO4)cc2)n1. The zero-order valence-corrected chi connectivity index (χ0v) is 16.9. The Morgan fingerprint density at radius 2 is 1.88 bits per heavy atom. The van der Waals surface area contributed by atoms with Gasteiger partial charge in [0, 0.05) is 16.8 Å². The van der Waals surface area contributed by atoms with E-state index in [9.17, 15) is 9.18 Å². The first kappa shape index (κ1) is 19.6. The quantitative estimate of drug-likeness (QED) is 0.512. The molecule has 5 rings (SSSR count). The van der Waals surface area contributed by atoms with Gasteiger partial charge in [0.25, 0.3) is 5.91 Å². The number of ether oxygens (including phenoxy) is 3. The smallest absolute Gasteiger partial charge is 0.336 e. The Bertz CT molecular complexity index is 1300. The topological polar surface area (TPSA) is 87.5 Å². The summed E-state index contributed by atoms with van der Waals surface area (Å²) in [6.45, 7) is 0.145. The van der Waals surface area contributed by atoms with Gasteiger partial charge in [-0.15, -0.1) is 5.10 Å². The number of hydrogen-bond donors (Lipinski definition) is 1. The lowest BCUT2D eigenvalue weighted by Crippen LogP contribution is -2.11. The molecule has 8 nitrogen and oxygen atoms in total. The summed E-state index contributed by atoms with van der Waals surface area (Å²) < 4.78 is 31.0. The molecule has 2 heterocycles. The number of halogens is 1. The number of hydrogen-bond acceptors (Lipinski definition) is 6. The van der Waals surface area contributed by atoms with Crippen molar-refractivity contribution in [2.24, 2.45) is 0 Å². The Kier molecular flexibility index (Phi) is 4.91. The van der Waals surface area contributed by atoms with Crippen molar-refractivity contribution in [2.45, 2.75) is 0 Å². The summed E-state index contributed by atoms with van der Waals surface area (Å²) in [6, 6.07) is 18.3. The second kappa shape index (κ2) is 8.03. The number of anilines is 1. The van der Waals surface area contributed by atoms with Crippen LogP contribution in [0.2, 0.25) is 0 Å². The zero-order chi connectivity index (χ0) is 22.1. The number of nitrogens with one attached hydrogen (secondary N) is 1. The van der Waals surface area contributed by atoms with Gasteiger partial charge < -0.3 is 19.5 Å². The predicted octanol–water partition coefficient (Wildman–Crippen LogP) is 4.06. The van der Waals surface area contributed by atoms with Crippen LogP contribution < -0.4 is 19.5 Å². The van der Waals surface area contributed by atoms with Gasteiger partial charge in [-0.05, 0) is 54.6 Å². The van der Waals surface area contributed by atoms with Gasteiger partial charge >= 0.3 is 6.01 Å². The van der Waals surface area contributed by atoms with Crippen molar-refractivity contribution < 1.29 is 23.4 Å². The molecule has 0 spiro atoms. The molecule has 1 aliphatic heterocycles. The van der Waals surface area contributed by atoms with E-state index in [-0.39, 0.29) is 24.5 Å². The molecule has 0 atom stereocenters. The van der Waals surface area contributed by atoms with Gasteiger partial charge in [-0.25, -0.2) is 9.07 Å². The fourth-order valence-electron chi connectivity index (χ4n) is 3.30. The summed E-state index contributed by atoms with van der Waals surface area (Å²) in [6.07, 6.45) is 0. The molecular weight excluding hydrogens is 415 g/mol. The van der Waals surface area contributed by atoms with Gasteiger partial charge in [-0.3, -0.25) is 4.79 Å². The van der Waals surface area contributed by atoms with Crippen molar-refractivity contribution in [3.63, 3.8) is 0 Å². The molecule has 0 fully saturated rings. The molecule has 0 saturated heterocycles. The third kappa shape index (κ3) is 3.71. The van der Waals surface area contributed by atoms with Crippen molar-refractivity contribution >= 4 is 11.6 Å². The third-order valence-corrected chi connectivity index (χ3v) is 4.86. The number of methoxy groups -OCH3 is 1. The Balaban J connectivity index is 1.39. The molecule has 1 aliphatic rings. The molecule has 0 aliphatic carbocycles. The standard InChI is InChI=1S/C23H17FN4O4/c1-30-23-26-21(14-3-2-4-16(24)11-14)28(27-23)18-8-6-17(7-9-18)25-22(29)15-5-10-19-20(12-15)32-13-31-19/h2-12H,13H2,1H3,(H,25,29). The number of rotatable bonds is 5. The van der Waals surface area contributed by atoms with Crippen LogP contribution >= 0.6 is 0 Å². The van der Waals surface area contributed by atoms with E-state index in [1.54, 1.807) is 59.3 Å². The van der Waals surface area contributed by atoms with E-state index >= 15 is 0 Å². The molecule has 0 bridgehead atoms. The van der Waals surface area contributed by atoms with Crippen LogP contribution in [0, 0.1) is 5.82 Å². The summed E-state index contributed by atoms with van der Waals surface area (Å²) in [4.78, 5) is 16.9. The maximum absolute atomic E-state index is 13.7. The molecule has 0 radical (unpaired) electrons. The summed E-state index contributed by atoms with van der Waals surface area (Å²) in [5, 5.41) is 7.17. The van der Waals surface area contributed by atoms with E-state index in [1.807, 2.05) is 0 Å². The van der Waals surface area contributed by atoms with Crippen LogP contribution in [0.1, 0.15) is 10.4 Å². The van der Waals surface area contributed by atoms with Crippen molar-refractivity contribution in [2.75, 3.05) is 19.2 Å². The Labute approximate surface area is 182 Å². The fraction of sp³-hybridized carbons (Fsp3) is 0.0870. The number of carbonyl (C=O) groups excluding carboxylic acids is 1. The molecule has 4 aromatic rings. The highest BCUT2D eigenvalue weighted by Gasteiger charge is 2.17. The Morgan fingerprint density at radius 1 is 1.06 bits per heavy atom. The zero-order valence-electron chi connectivity index (χ0n) is 16.9. The highest BCUT2D eigenvalue weighted by atomic mass is 19.1. The second-order valence-electron chi connectivity index (χ2n) is 6.91. The van der Waals surface area contributed by atoms with Crippen LogP contribution in [0.3, 0.4) is 0 Å². The summed E-state index contributed by atoms with van der Waals surface area (Å²) in [7, 11) is 1.46. The molecule has 1 N–H and O–H groups in total. The maximum Gasteiger partial charge on any atom is 0.336 e. The lowest BCUT2D eigenvalue weighted by Gasteiger charge is -2.09. The molecule has 9 heteroatoms. The van der Waals surface area contributed by atoms with Crippen molar-refractivity contribution in [1.29, 1.82) is 0 Å². The first-order valence-corrected chi connectivity index (χ1v) is 9.69. The van der Waals surface area contributed by atoms with Crippen LogP contribution in [0.25, 0.3) is 17.1 Å². The van der Waals surface area contributed by atoms with Crippen LogP contribution in [-0.4, -0.2) is 34.6 Å². The molecule has 3 aromatic carbocycles. The van der Waals surface area contributed by atoms with Gasteiger partial charge in [0.1, 0.15) is 5.82 Å². The van der Waals surface area contributed by atoms with Gasteiger partial charge in [0.05, 0.1) is 12.8 Å². The lowest BCUT2D eigenvalue weighted by atomic mass is 10.1. The van der Waals surface area contributed by atoms with Gasteiger partial charge in [-0.2, -0.15) is 4.98 Å². The van der Waals surface area contributed by atoms with E-state index in [4.69, 9.17) is 14.2 Å². The fourth-order valence-corrected chi connectivity index (χ4v) is 3.30. The van der Waals surface area contributed by atoms with Crippen LogP contribution in [0.15, 0.2) is 66.7 Å². The van der Waals surface area contributed by atoms with Crippen molar-refractivity contribution in [3.05, 3.63) is 78.1 Å². The summed E-state index contributed by atoms with van der Waals surface area (Å²) in [5.41, 5.74) is 2.27. The van der Waals surface area contributed by atoms with Crippen molar-refractivity contribution in [1.82, 2.24) is 14.8 Å². The monoisotopic (exact) mass is 432 g/mol. The van der Waals surface area contributed by atoms with E-state index in [2.05, 4.69) is 15.4 Å². The van der Waals surface area contributed by atoms with Crippen molar-refractivity contribution in [3.8, 4) is 34.6 Å². The minimum absolute atomic E-state index is 0.145. The largest absolute Gasteiger partial charge is 0.466 e. The number of fused-ring (bicyclic) bond motifs is 1. The first-order valence-electron chi connectivity index (χ1n) is 9.69. The van der Waals surface area contributed by atoms with Gasteiger partial charge in [0.15, 0.2) is 17.3 Å². The number of amides is 1. The number of benzene rings is 3. The van der Waals surface area contributed by atoms with E-state index in [0.717, 1.165) is 0 Å². The average molecular weight is 432 g/mol. The molecular formula is C23H17FN4O4. The molecule has 32 heavy (non-hydrogen) atoms. The van der Waals surface area contributed by atoms with Crippen LogP contribution in [0.4, 0.5) is 10.1 Å². The number of aromatic nitrogens is 3. The van der Waals surface area contributed by atoms with E-state index in [1.165, 1.54) is 19.2 Å². The number of carbonyl (C=O) groups is 1. The molecule has 1 aromatic heterocycles. The second-order valence-corrected chi connectivity index (χ2v) is 6.91. The van der Waals surface area contributed by atoms with Crippen LogP contribution in [-0.2, 0) is 0 Å². The molecule has 160 valence electrons. The maximum atomic E-state index is 13.7. The first-order chi connectivity index (χ1) is 15.6. The Morgan fingerprint density at radius 3 is 2.66 bits per heavy atom. The number of nitrogens with zero attached hydrogens (tertiary/aromatic N) is 3. The van der Waals surface area contributed by atoms with Crippen LogP contribution in [0.5, 0.6) is 17.5 Å². The molecule has 1 amide bonds. The summed E-state index contributed by atoms with van der Waals surface area (Å²) in [5.74, 6) is 0.927. The molecule has 0 unspecified atom stereocenters. The lowest BCUT2D eigenvalue weighted by molar-refractivity contribution is 0.102. The van der Waals surface area contributed by atoms with Gasteiger partial charge in [-0.1, -0.05) is 12.1 Å². The van der Waals surface area contributed by atoms with E-state index in [0.29, 0.717) is 39.8 Å². The minimum atomic E-state index is -0.377. The highest BCUT2D eigenvalue weighted by molar-refractivity contribution is 6.04. The van der Waals surface area contributed by atoms with E-state index < -0.39 is 0 Å². The normalized spacial score (nSPS) is 11.9. The third-order valence-electron chi connectivity index (χ3n) is 4.86. The summed E-state index contributed by atoms with van der Waals surface area (Å²) >= 11 is 0. The average Bonchev–Trinajstić information content (AvgIpc) is 3.46.